The molecule has 1 aromatic carbocycles. The molecule has 9 heteroatoms. The van der Waals surface area contributed by atoms with Crippen molar-refractivity contribution in [2.75, 3.05) is 7.05 Å². The van der Waals surface area contributed by atoms with Crippen molar-refractivity contribution < 1.29 is 18.4 Å². The van der Waals surface area contributed by atoms with Crippen LogP contribution >= 0.6 is 15.9 Å². The number of halogens is 3. The molecular weight excluding hydrogens is 398 g/mol. The highest BCUT2D eigenvalue weighted by atomic mass is 79.9. The summed E-state index contributed by atoms with van der Waals surface area (Å²) >= 11 is 3.50. The smallest absolute Gasteiger partial charge is 0.246 e. The van der Waals surface area contributed by atoms with Crippen molar-refractivity contribution >= 4 is 27.7 Å². The third-order valence-corrected chi connectivity index (χ3v) is 5.24. The highest BCUT2D eigenvalue weighted by molar-refractivity contribution is 9.09. The van der Waals surface area contributed by atoms with E-state index < -0.39 is 35.5 Å². The van der Waals surface area contributed by atoms with Crippen molar-refractivity contribution in [3.8, 4) is 0 Å². The maximum absolute atomic E-state index is 13.5. The molecule has 0 aromatic heterocycles. The van der Waals surface area contributed by atoms with E-state index in [0.29, 0.717) is 0 Å². The topological polar surface area (TPSA) is 82.3 Å². The molecule has 1 saturated heterocycles. The zero-order valence-electron chi connectivity index (χ0n) is 14.1. The van der Waals surface area contributed by atoms with Gasteiger partial charge < -0.3 is 10.6 Å². The number of hydrazine groups is 1. The van der Waals surface area contributed by atoms with Crippen LogP contribution in [0.15, 0.2) is 18.2 Å². The van der Waals surface area contributed by atoms with E-state index in [4.69, 9.17) is 0 Å². The summed E-state index contributed by atoms with van der Waals surface area (Å²) in [4.78, 5) is 24.5. The zero-order valence-corrected chi connectivity index (χ0v) is 15.7. The Bertz CT molecular complexity index is 659. The Labute approximate surface area is 153 Å². The third-order valence-electron chi connectivity index (χ3n) is 4.14. The molecule has 4 atom stereocenters. The summed E-state index contributed by atoms with van der Waals surface area (Å²) in [7, 11) is 1.40. The Morgan fingerprint density at radius 1 is 1.20 bits per heavy atom. The molecule has 138 valence electrons. The second-order valence-electron chi connectivity index (χ2n) is 6.21. The Morgan fingerprint density at radius 2 is 1.88 bits per heavy atom. The largest absolute Gasteiger partial charge is 0.357 e. The summed E-state index contributed by atoms with van der Waals surface area (Å²) in [5.41, 5.74) is 6.10. The van der Waals surface area contributed by atoms with Gasteiger partial charge in [0.2, 0.25) is 11.8 Å². The van der Waals surface area contributed by atoms with Gasteiger partial charge in [-0.15, -0.1) is 0 Å². The van der Waals surface area contributed by atoms with Gasteiger partial charge in [0, 0.05) is 13.1 Å². The van der Waals surface area contributed by atoms with Gasteiger partial charge >= 0.3 is 0 Å². The lowest BCUT2D eigenvalue weighted by molar-refractivity contribution is -0.129. The van der Waals surface area contributed by atoms with Crippen LogP contribution in [-0.2, 0) is 9.59 Å². The predicted molar refractivity (Wildman–Crippen MR) is 92.7 cm³/mol. The van der Waals surface area contributed by atoms with Gasteiger partial charge in [0.1, 0.15) is 12.1 Å². The maximum Gasteiger partial charge on any atom is 0.246 e. The quantitative estimate of drug-likeness (QED) is 0.540. The van der Waals surface area contributed by atoms with E-state index in [1.54, 1.807) is 0 Å². The number of hydrogen-bond donors (Lipinski definition) is 4. The van der Waals surface area contributed by atoms with Gasteiger partial charge in [-0.25, -0.2) is 14.2 Å². The van der Waals surface area contributed by atoms with Crippen molar-refractivity contribution in [2.24, 2.45) is 5.92 Å². The van der Waals surface area contributed by atoms with Crippen LogP contribution in [0.5, 0.6) is 0 Å². The maximum atomic E-state index is 13.5. The SMILES string of the molecule is CNC(=O)C(NC(=O)C1NNC(C(C)C)C1Br)c1ccc(F)c(F)c1. The minimum atomic E-state index is -1.13. The Kier molecular flexibility index (Phi) is 6.47. The summed E-state index contributed by atoms with van der Waals surface area (Å²) in [5.74, 6) is -2.80. The van der Waals surface area contributed by atoms with E-state index in [0.717, 1.165) is 12.1 Å². The number of amides is 2. The van der Waals surface area contributed by atoms with E-state index in [1.165, 1.54) is 13.1 Å². The Balaban J connectivity index is 2.18. The average molecular weight is 419 g/mol. The second kappa shape index (κ2) is 8.20. The lowest BCUT2D eigenvalue weighted by Gasteiger charge is -2.22. The minimum Gasteiger partial charge on any atom is -0.357 e. The highest BCUT2D eigenvalue weighted by Gasteiger charge is 2.40. The van der Waals surface area contributed by atoms with Gasteiger partial charge in [-0.3, -0.25) is 15.0 Å². The standard InChI is InChI=1S/C16H21BrF2N4O2/c1-7(2)12-11(17)14(23-22-12)16(25)21-13(15(24)20-3)8-4-5-9(18)10(19)6-8/h4-7,11-14,22-23H,1-3H3,(H,20,24)(H,21,25). The first-order valence-electron chi connectivity index (χ1n) is 7.88. The third kappa shape index (κ3) is 4.34. The van der Waals surface area contributed by atoms with Crippen LogP contribution in [0.4, 0.5) is 8.78 Å². The first kappa shape index (κ1) is 19.7. The molecule has 0 saturated carbocycles. The number of carbonyl (C=O) groups is 2. The molecule has 2 rings (SSSR count). The fraction of sp³-hybridized carbons (Fsp3) is 0.500. The lowest BCUT2D eigenvalue weighted by Crippen LogP contribution is -2.49. The molecule has 1 aliphatic rings. The van der Waals surface area contributed by atoms with E-state index in [9.17, 15) is 18.4 Å². The summed E-state index contributed by atoms with van der Waals surface area (Å²) < 4.78 is 26.6. The van der Waals surface area contributed by atoms with Gasteiger partial charge in [-0.05, 0) is 23.6 Å². The van der Waals surface area contributed by atoms with Crippen molar-refractivity contribution in [3.05, 3.63) is 35.4 Å². The summed E-state index contributed by atoms with van der Waals surface area (Å²) in [6, 6.07) is 1.36. The molecule has 6 nitrogen and oxygen atoms in total. The number of nitrogens with one attached hydrogen (secondary N) is 4. The molecule has 1 heterocycles. The molecule has 0 bridgehead atoms. The molecule has 1 fully saturated rings. The van der Waals surface area contributed by atoms with Crippen LogP contribution in [0.3, 0.4) is 0 Å². The number of rotatable bonds is 5. The normalized spacial score (nSPS) is 24.2. The molecular formula is C16H21BrF2N4O2. The molecule has 25 heavy (non-hydrogen) atoms. The van der Waals surface area contributed by atoms with Crippen LogP contribution in [0.25, 0.3) is 0 Å². The number of carbonyl (C=O) groups excluding carboxylic acids is 2. The van der Waals surface area contributed by atoms with E-state index >= 15 is 0 Å². The Hall–Kier alpha value is -1.58. The number of hydrogen-bond acceptors (Lipinski definition) is 4. The first-order chi connectivity index (χ1) is 11.8. The van der Waals surface area contributed by atoms with Gasteiger partial charge in [-0.1, -0.05) is 35.8 Å². The molecule has 0 radical (unpaired) electrons. The second-order valence-corrected chi connectivity index (χ2v) is 7.27. The number of likely N-dealkylation sites (N-methyl/N-ethyl adjacent to an activating group) is 1. The van der Waals surface area contributed by atoms with E-state index in [-0.39, 0.29) is 22.4 Å². The lowest BCUT2D eigenvalue weighted by atomic mass is 9.98. The van der Waals surface area contributed by atoms with Crippen LogP contribution < -0.4 is 21.5 Å². The monoisotopic (exact) mass is 418 g/mol. The zero-order chi connectivity index (χ0) is 18.7. The van der Waals surface area contributed by atoms with Crippen molar-refractivity contribution in [1.82, 2.24) is 21.5 Å². The minimum absolute atomic E-state index is 0.0254. The van der Waals surface area contributed by atoms with Gasteiger partial charge in [0.15, 0.2) is 11.6 Å². The molecule has 1 aromatic rings. The molecule has 0 aliphatic carbocycles. The predicted octanol–water partition coefficient (Wildman–Crippen LogP) is 1.13. The van der Waals surface area contributed by atoms with Crippen LogP contribution in [0.2, 0.25) is 0 Å². The summed E-state index contributed by atoms with van der Waals surface area (Å²) in [6.45, 7) is 4.03. The summed E-state index contributed by atoms with van der Waals surface area (Å²) in [6.07, 6.45) is 0. The van der Waals surface area contributed by atoms with E-state index in [1.807, 2.05) is 13.8 Å². The molecule has 4 N–H and O–H groups in total. The number of alkyl halides is 1. The first-order valence-corrected chi connectivity index (χ1v) is 8.79. The Morgan fingerprint density at radius 3 is 2.40 bits per heavy atom. The van der Waals surface area contributed by atoms with Crippen molar-refractivity contribution in [1.29, 1.82) is 0 Å². The highest BCUT2D eigenvalue weighted by Crippen LogP contribution is 2.23. The molecule has 1 aliphatic heterocycles. The van der Waals surface area contributed by atoms with Crippen LogP contribution in [0.1, 0.15) is 25.5 Å². The van der Waals surface area contributed by atoms with E-state index in [2.05, 4.69) is 37.4 Å². The number of benzene rings is 1. The van der Waals surface area contributed by atoms with Gasteiger partial charge in [-0.2, -0.15) is 0 Å². The summed E-state index contributed by atoms with van der Waals surface area (Å²) in [5, 5.41) is 5.00. The molecule has 2 amide bonds. The van der Waals surface area contributed by atoms with Gasteiger partial charge in [0.05, 0.1) is 4.83 Å². The van der Waals surface area contributed by atoms with Crippen LogP contribution in [-0.4, -0.2) is 35.8 Å². The molecule has 4 unspecified atom stereocenters. The fourth-order valence-corrected chi connectivity index (χ4v) is 3.78. The van der Waals surface area contributed by atoms with Crippen molar-refractivity contribution in [2.45, 2.75) is 36.8 Å². The van der Waals surface area contributed by atoms with Gasteiger partial charge in [0.25, 0.3) is 0 Å². The van der Waals surface area contributed by atoms with Crippen molar-refractivity contribution in [3.63, 3.8) is 0 Å². The molecule has 0 spiro atoms. The fourth-order valence-electron chi connectivity index (χ4n) is 2.67. The average Bonchev–Trinajstić information content (AvgIpc) is 2.96. The van der Waals surface area contributed by atoms with Crippen LogP contribution in [0, 0.1) is 17.6 Å².